The van der Waals surface area contributed by atoms with E-state index in [0.717, 1.165) is 5.92 Å². The highest BCUT2D eigenvalue weighted by molar-refractivity contribution is 5.76. The summed E-state index contributed by atoms with van der Waals surface area (Å²) in [5.74, 6) is 1.48. The van der Waals surface area contributed by atoms with Gasteiger partial charge < -0.3 is 0 Å². The van der Waals surface area contributed by atoms with Gasteiger partial charge in [-0.15, -0.1) is 0 Å². The van der Waals surface area contributed by atoms with Crippen molar-refractivity contribution in [3.8, 4) is 0 Å². The number of hydrogen-bond donors (Lipinski definition) is 0. The fraction of sp³-hybridized carbons (Fsp3) is 0.500. The van der Waals surface area contributed by atoms with Gasteiger partial charge in [-0.25, -0.2) is 0 Å². The van der Waals surface area contributed by atoms with Crippen LogP contribution in [0, 0.1) is 5.92 Å². The lowest BCUT2D eigenvalue weighted by Crippen LogP contribution is -2.07. The zero-order valence-electron chi connectivity index (χ0n) is 10.1. The summed E-state index contributed by atoms with van der Waals surface area (Å²) in [5.41, 5.74) is 4.74. The van der Waals surface area contributed by atoms with Crippen LogP contribution in [-0.4, -0.2) is 0 Å². The van der Waals surface area contributed by atoms with Crippen LogP contribution < -0.4 is 0 Å². The second kappa shape index (κ2) is 4.08. The normalized spacial score (nSPS) is 25.3. The third kappa shape index (κ3) is 1.61. The third-order valence-corrected chi connectivity index (χ3v) is 4.24. The Hall–Kier alpha value is -1.04. The van der Waals surface area contributed by atoms with Crippen LogP contribution in [0.4, 0.5) is 0 Å². The van der Waals surface area contributed by atoms with Crippen molar-refractivity contribution < 1.29 is 0 Å². The number of benzene rings is 1. The molecule has 0 aromatic heterocycles. The van der Waals surface area contributed by atoms with Crippen LogP contribution in [0.1, 0.15) is 56.1 Å². The highest BCUT2D eigenvalue weighted by Crippen LogP contribution is 2.43. The molecule has 0 spiro atoms. The molecule has 2 aliphatic carbocycles. The van der Waals surface area contributed by atoms with Crippen molar-refractivity contribution in [3.05, 3.63) is 41.5 Å². The zero-order valence-corrected chi connectivity index (χ0v) is 10.1. The quantitative estimate of drug-likeness (QED) is 0.629. The molecule has 3 rings (SSSR count). The third-order valence-electron chi connectivity index (χ3n) is 4.24. The maximum absolute atomic E-state index is 2.51. The first-order chi connectivity index (χ1) is 7.86. The van der Waals surface area contributed by atoms with Gasteiger partial charge in [0.25, 0.3) is 0 Å². The van der Waals surface area contributed by atoms with Gasteiger partial charge in [-0.1, -0.05) is 56.5 Å². The van der Waals surface area contributed by atoms with Crippen LogP contribution in [0.25, 0.3) is 5.57 Å². The van der Waals surface area contributed by atoms with E-state index in [2.05, 4.69) is 37.3 Å². The molecule has 2 aliphatic rings. The fourth-order valence-corrected chi connectivity index (χ4v) is 3.38. The lowest BCUT2D eigenvalue weighted by Gasteiger charge is -2.23. The molecule has 1 atom stereocenters. The Labute approximate surface area is 98.4 Å². The molecule has 84 valence electrons. The Balaban J connectivity index is 1.94. The Morgan fingerprint density at radius 2 is 1.75 bits per heavy atom. The van der Waals surface area contributed by atoms with E-state index in [0.29, 0.717) is 5.92 Å². The van der Waals surface area contributed by atoms with E-state index in [-0.39, 0.29) is 0 Å². The molecule has 0 nitrogen and oxygen atoms in total. The predicted octanol–water partition coefficient (Wildman–Crippen LogP) is 4.77. The minimum Gasteiger partial charge on any atom is -0.0732 e. The predicted molar refractivity (Wildman–Crippen MR) is 69.4 cm³/mol. The van der Waals surface area contributed by atoms with E-state index in [1.54, 1.807) is 16.7 Å². The summed E-state index contributed by atoms with van der Waals surface area (Å²) in [6.45, 7) is 2.33. The average Bonchev–Trinajstić information content (AvgIpc) is 2.69. The molecular weight excluding hydrogens is 192 g/mol. The molecule has 0 bridgehead atoms. The average molecular weight is 212 g/mol. The van der Waals surface area contributed by atoms with Gasteiger partial charge in [0.2, 0.25) is 0 Å². The molecule has 1 unspecified atom stereocenters. The van der Waals surface area contributed by atoms with Crippen LogP contribution in [0.3, 0.4) is 0 Å². The lowest BCUT2D eigenvalue weighted by atomic mass is 9.82. The molecule has 0 radical (unpaired) electrons. The van der Waals surface area contributed by atoms with Gasteiger partial charge in [0.05, 0.1) is 0 Å². The van der Waals surface area contributed by atoms with Crippen LogP contribution >= 0.6 is 0 Å². The van der Waals surface area contributed by atoms with Crippen molar-refractivity contribution in [1.29, 1.82) is 0 Å². The lowest BCUT2D eigenvalue weighted by molar-refractivity contribution is 0.429. The first-order valence-electron chi connectivity index (χ1n) is 6.67. The molecular formula is C16H20. The first kappa shape index (κ1) is 10.1. The molecule has 0 N–H and O–H groups in total. The van der Waals surface area contributed by atoms with Crippen molar-refractivity contribution in [2.75, 3.05) is 0 Å². The number of hydrogen-bond acceptors (Lipinski definition) is 0. The van der Waals surface area contributed by atoms with Crippen molar-refractivity contribution in [1.82, 2.24) is 0 Å². The molecule has 1 aromatic carbocycles. The second-order valence-corrected chi connectivity index (χ2v) is 5.33. The van der Waals surface area contributed by atoms with Gasteiger partial charge in [-0.3, -0.25) is 0 Å². The van der Waals surface area contributed by atoms with Gasteiger partial charge in [0.15, 0.2) is 0 Å². The highest BCUT2D eigenvalue weighted by atomic mass is 14.3. The highest BCUT2D eigenvalue weighted by Gasteiger charge is 2.26. The molecule has 1 fully saturated rings. The fourth-order valence-electron chi connectivity index (χ4n) is 3.38. The first-order valence-corrected chi connectivity index (χ1v) is 6.67. The molecule has 16 heavy (non-hydrogen) atoms. The Bertz CT molecular complexity index is 408. The summed E-state index contributed by atoms with van der Waals surface area (Å²) in [6.07, 6.45) is 9.64. The van der Waals surface area contributed by atoms with Gasteiger partial charge in [-0.05, 0) is 35.5 Å². The Morgan fingerprint density at radius 1 is 1.00 bits per heavy atom. The summed E-state index contributed by atoms with van der Waals surface area (Å²) in [6, 6.07) is 8.98. The maximum atomic E-state index is 2.51. The summed E-state index contributed by atoms with van der Waals surface area (Å²) in [7, 11) is 0. The standard InChI is InChI=1S/C16H20/c1-12-11-16(13-7-3-2-4-8-13)15-10-6-5-9-14(12)15/h5-6,9-13H,2-4,7-8H2,1H3. The zero-order chi connectivity index (χ0) is 11.0. The molecule has 0 saturated heterocycles. The van der Waals surface area contributed by atoms with Crippen molar-refractivity contribution in [3.63, 3.8) is 0 Å². The Kier molecular flexibility index (Phi) is 2.59. The molecule has 1 aromatic rings. The van der Waals surface area contributed by atoms with E-state index in [4.69, 9.17) is 0 Å². The van der Waals surface area contributed by atoms with E-state index in [1.165, 1.54) is 32.1 Å². The van der Waals surface area contributed by atoms with Crippen molar-refractivity contribution >= 4 is 5.57 Å². The minimum atomic E-state index is 0.633. The monoisotopic (exact) mass is 212 g/mol. The van der Waals surface area contributed by atoms with Crippen molar-refractivity contribution in [2.24, 2.45) is 5.92 Å². The topological polar surface area (TPSA) is 0 Å². The molecule has 0 heteroatoms. The van der Waals surface area contributed by atoms with E-state index in [1.807, 2.05) is 0 Å². The molecule has 0 heterocycles. The second-order valence-electron chi connectivity index (χ2n) is 5.33. The van der Waals surface area contributed by atoms with E-state index < -0.39 is 0 Å². The molecule has 0 aliphatic heterocycles. The molecule has 1 saturated carbocycles. The summed E-state index contributed by atoms with van der Waals surface area (Å²) in [4.78, 5) is 0. The largest absolute Gasteiger partial charge is 0.0732 e. The van der Waals surface area contributed by atoms with Crippen LogP contribution in [0.2, 0.25) is 0 Å². The summed E-state index contributed by atoms with van der Waals surface area (Å²) >= 11 is 0. The Morgan fingerprint density at radius 3 is 2.56 bits per heavy atom. The van der Waals surface area contributed by atoms with E-state index >= 15 is 0 Å². The number of rotatable bonds is 1. The van der Waals surface area contributed by atoms with Crippen LogP contribution in [-0.2, 0) is 0 Å². The van der Waals surface area contributed by atoms with Gasteiger partial charge >= 0.3 is 0 Å². The van der Waals surface area contributed by atoms with E-state index in [9.17, 15) is 0 Å². The van der Waals surface area contributed by atoms with Crippen LogP contribution in [0.5, 0.6) is 0 Å². The van der Waals surface area contributed by atoms with Gasteiger partial charge in [0, 0.05) is 5.92 Å². The minimum absolute atomic E-state index is 0.633. The van der Waals surface area contributed by atoms with Crippen molar-refractivity contribution in [2.45, 2.75) is 44.9 Å². The summed E-state index contributed by atoms with van der Waals surface area (Å²) < 4.78 is 0. The smallest absolute Gasteiger partial charge is 0.000173 e. The van der Waals surface area contributed by atoms with Crippen LogP contribution in [0.15, 0.2) is 30.3 Å². The maximum Gasteiger partial charge on any atom is 0.000173 e. The number of allylic oxidation sites excluding steroid dienone is 2. The molecule has 0 amide bonds. The number of fused-ring (bicyclic) bond motifs is 1. The van der Waals surface area contributed by atoms with Gasteiger partial charge in [0.1, 0.15) is 0 Å². The summed E-state index contributed by atoms with van der Waals surface area (Å²) in [5, 5.41) is 0. The SMILES string of the molecule is CC1C=C(C2CCCCC2)c2ccccc21. The van der Waals surface area contributed by atoms with Gasteiger partial charge in [-0.2, -0.15) is 0 Å².